The standard InChI is InChI=1S/C20H32N4O4S/c1-6-14(2)21-19(25)15(3)22-20(26)17-13-16(29(27,28)23(4)5)9-10-18(17)24-11-7-8-12-24/h9-10,13-15H,6-8,11-12H2,1-5H3,(H,21,25)(H,22,26). The highest BCUT2D eigenvalue weighted by Crippen LogP contribution is 2.28. The predicted molar refractivity (Wildman–Crippen MR) is 114 cm³/mol. The molecule has 1 fully saturated rings. The summed E-state index contributed by atoms with van der Waals surface area (Å²) in [6.07, 6.45) is 2.83. The summed E-state index contributed by atoms with van der Waals surface area (Å²) in [5.41, 5.74) is 0.949. The molecule has 1 aromatic rings. The van der Waals surface area contributed by atoms with Crippen LogP contribution in [0.5, 0.6) is 0 Å². The van der Waals surface area contributed by atoms with Crippen molar-refractivity contribution in [1.29, 1.82) is 0 Å². The summed E-state index contributed by atoms with van der Waals surface area (Å²) >= 11 is 0. The zero-order chi connectivity index (χ0) is 21.8. The Bertz CT molecular complexity index is 848. The molecular weight excluding hydrogens is 392 g/mol. The van der Waals surface area contributed by atoms with Crippen LogP contribution in [0.3, 0.4) is 0 Å². The monoisotopic (exact) mass is 424 g/mol. The second-order valence-corrected chi connectivity index (χ2v) is 9.83. The quantitative estimate of drug-likeness (QED) is 0.660. The van der Waals surface area contributed by atoms with E-state index >= 15 is 0 Å². The largest absolute Gasteiger partial charge is 0.371 e. The van der Waals surface area contributed by atoms with Crippen LogP contribution < -0.4 is 15.5 Å². The van der Waals surface area contributed by atoms with Crippen molar-refractivity contribution in [3.05, 3.63) is 23.8 Å². The summed E-state index contributed by atoms with van der Waals surface area (Å²) in [6.45, 7) is 7.10. The maximum atomic E-state index is 13.0. The maximum Gasteiger partial charge on any atom is 0.254 e. The van der Waals surface area contributed by atoms with E-state index in [1.165, 1.54) is 26.2 Å². The van der Waals surface area contributed by atoms with Gasteiger partial charge in [0.15, 0.2) is 0 Å². The number of sulfonamides is 1. The fourth-order valence-electron chi connectivity index (χ4n) is 3.11. The van der Waals surface area contributed by atoms with E-state index in [4.69, 9.17) is 0 Å². The zero-order valence-electron chi connectivity index (χ0n) is 17.9. The van der Waals surface area contributed by atoms with Crippen molar-refractivity contribution in [1.82, 2.24) is 14.9 Å². The van der Waals surface area contributed by atoms with Gasteiger partial charge in [-0.05, 0) is 51.3 Å². The number of amides is 2. The van der Waals surface area contributed by atoms with Crippen LogP contribution in [-0.4, -0.2) is 63.8 Å². The normalized spacial score (nSPS) is 16.6. The van der Waals surface area contributed by atoms with E-state index in [0.717, 1.165) is 36.7 Å². The second-order valence-electron chi connectivity index (χ2n) is 7.67. The van der Waals surface area contributed by atoms with Gasteiger partial charge in [0.25, 0.3) is 5.91 Å². The SMILES string of the molecule is CCC(C)NC(=O)C(C)NC(=O)c1cc(S(=O)(=O)N(C)C)ccc1N1CCCC1. The van der Waals surface area contributed by atoms with Crippen LogP contribution >= 0.6 is 0 Å². The number of hydrogen-bond acceptors (Lipinski definition) is 5. The first-order valence-electron chi connectivity index (χ1n) is 10.0. The molecule has 0 spiro atoms. The van der Waals surface area contributed by atoms with Crippen LogP contribution in [0.4, 0.5) is 5.69 Å². The highest BCUT2D eigenvalue weighted by Gasteiger charge is 2.26. The number of benzene rings is 1. The lowest BCUT2D eigenvalue weighted by molar-refractivity contribution is -0.123. The second kappa shape index (κ2) is 9.58. The topological polar surface area (TPSA) is 98.8 Å². The summed E-state index contributed by atoms with van der Waals surface area (Å²) in [4.78, 5) is 27.4. The van der Waals surface area contributed by atoms with Crippen molar-refractivity contribution in [2.75, 3.05) is 32.1 Å². The van der Waals surface area contributed by atoms with Crippen molar-refractivity contribution >= 4 is 27.5 Å². The number of rotatable bonds is 8. The molecule has 2 atom stereocenters. The van der Waals surface area contributed by atoms with E-state index in [9.17, 15) is 18.0 Å². The zero-order valence-corrected chi connectivity index (χ0v) is 18.7. The molecule has 8 nitrogen and oxygen atoms in total. The van der Waals surface area contributed by atoms with Gasteiger partial charge in [0.1, 0.15) is 6.04 Å². The lowest BCUT2D eigenvalue weighted by Gasteiger charge is -2.23. The number of carbonyl (C=O) groups is 2. The summed E-state index contributed by atoms with van der Waals surface area (Å²) < 4.78 is 26.2. The molecule has 1 heterocycles. The molecule has 1 aromatic carbocycles. The van der Waals surface area contributed by atoms with Crippen LogP contribution in [-0.2, 0) is 14.8 Å². The van der Waals surface area contributed by atoms with Crippen molar-refractivity contribution < 1.29 is 18.0 Å². The fraction of sp³-hybridized carbons (Fsp3) is 0.600. The van der Waals surface area contributed by atoms with Gasteiger partial charge in [-0.1, -0.05) is 6.92 Å². The van der Waals surface area contributed by atoms with Crippen LogP contribution in [0.2, 0.25) is 0 Å². The van der Waals surface area contributed by atoms with Gasteiger partial charge in [-0.25, -0.2) is 12.7 Å². The van der Waals surface area contributed by atoms with Gasteiger partial charge in [-0.15, -0.1) is 0 Å². The lowest BCUT2D eigenvalue weighted by Crippen LogP contribution is -2.47. The number of nitrogens with zero attached hydrogens (tertiary/aromatic N) is 2. The van der Waals surface area contributed by atoms with Crippen LogP contribution in [0.25, 0.3) is 0 Å². The van der Waals surface area contributed by atoms with Gasteiger partial charge in [0.05, 0.1) is 10.5 Å². The molecule has 1 saturated heterocycles. The smallest absolute Gasteiger partial charge is 0.254 e. The van der Waals surface area contributed by atoms with Crippen LogP contribution in [0.1, 0.15) is 50.4 Å². The minimum absolute atomic E-state index is 0.00979. The molecule has 2 rings (SSSR count). The van der Waals surface area contributed by atoms with Gasteiger partial charge in [-0.2, -0.15) is 0 Å². The summed E-state index contributed by atoms with van der Waals surface area (Å²) in [5.74, 6) is -0.734. The molecule has 0 saturated carbocycles. The number of nitrogens with one attached hydrogen (secondary N) is 2. The molecule has 2 unspecified atom stereocenters. The average Bonchev–Trinajstić information content (AvgIpc) is 3.21. The summed E-state index contributed by atoms with van der Waals surface area (Å²) in [7, 11) is -0.783. The first-order chi connectivity index (χ1) is 13.6. The minimum Gasteiger partial charge on any atom is -0.371 e. The Morgan fingerprint density at radius 2 is 1.76 bits per heavy atom. The maximum absolute atomic E-state index is 13.0. The van der Waals surface area contributed by atoms with E-state index in [2.05, 4.69) is 15.5 Å². The minimum atomic E-state index is -3.68. The van der Waals surface area contributed by atoms with Crippen molar-refractivity contribution in [3.63, 3.8) is 0 Å². The summed E-state index contributed by atoms with van der Waals surface area (Å²) in [6, 6.07) is 3.88. The Balaban J connectivity index is 2.34. The van der Waals surface area contributed by atoms with E-state index in [1.807, 2.05) is 13.8 Å². The molecule has 0 radical (unpaired) electrons. The molecule has 0 aromatic heterocycles. The van der Waals surface area contributed by atoms with E-state index in [-0.39, 0.29) is 22.4 Å². The third-order valence-corrected chi connectivity index (χ3v) is 6.99. The van der Waals surface area contributed by atoms with Crippen LogP contribution in [0.15, 0.2) is 23.1 Å². The highest BCUT2D eigenvalue weighted by molar-refractivity contribution is 7.89. The molecule has 1 aliphatic heterocycles. The molecule has 9 heteroatoms. The van der Waals surface area contributed by atoms with E-state index in [0.29, 0.717) is 5.69 Å². The van der Waals surface area contributed by atoms with Gasteiger partial charge in [0, 0.05) is 38.9 Å². The average molecular weight is 425 g/mol. The number of hydrogen-bond donors (Lipinski definition) is 2. The first-order valence-corrected chi connectivity index (χ1v) is 11.4. The number of carbonyl (C=O) groups excluding carboxylic acids is 2. The van der Waals surface area contributed by atoms with Crippen LogP contribution in [0, 0.1) is 0 Å². The Kier molecular flexibility index (Phi) is 7.65. The molecule has 0 aliphatic carbocycles. The van der Waals surface area contributed by atoms with Crippen molar-refractivity contribution in [2.24, 2.45) is 0 Å². The third-order valence-electron chi connectivity index (χ3n) is 5.18. The molecule has 2 N–H and O–H groups in total. The fourth-order valence-corrected chi connectivity index (χ4v) is 4.04. The Morgan fingerprint density at radius 1 is 1.14 bits per heavy atom. The van der Waals surface area contributed by atoms with E-state index < -0.39 is 22.0 Å². The highest BCUT2D eigenvalue weighted by atomic mass is 32.2. The van der Waals surface area contributed by atoms with E-state index in [1.54, 1.807) is 13.0 Å². The molecular formula is C20H32N4O4S. The molecule has 0 bridgehead atoms. The van der Waals surface area contributed by atoms with Gasteiger partial charge < -0.3 is 15.5 Å². The third kappa shape index (κ3) is 5.48. The predicted octanol–water partition coefficient (Wildman–Crippen LogP) is 1.57. The summed E-state index contributed by atoms with van der Waals surface area (Å²) in [5, 5.41) is 5.55. The molecule has 1 aliphatic rings. The van der Waals surface area contributed by atoms with Gasteiger partial charge in [-0.3, -0.25) is 9.59 Å². The molecule has 2 amide bonds. The first kappa shape index (κ1) is 23.2. The number of anilines is 1. The Morgan fingerprint density at radius 3 is 2.31 bits per heavy atom. The van der Waals surface area contributed by atoms with Crippen molar-refractivity contribution in [3.8, 4) is 0 Å². The van der Waals surface area contributed by atoms with Gasteiger partial charge >= 0.3 is 0 Å². The molecule has 162 valence electrons. The van der Waals surface area contributed by atoms with Crippen molar-refractivity contribution in [2.45, 2.75) is 57.0 Å². The van der Waals surface area contributed by atoms with Gasteiger partial charge in [0.2, 0.25) is 15.9 Å². The Hall–Kier alpha value is -2.13. The molecule has 29 heavy (non-hydrogen) atoms. The Labute approximate surface area is 173 Å². The lowest BCUT2D eigenvalue weighted by atomic mass is 10.1.